The second-order valence-corrected chi connectivity index (χ2v) is 6.22. The number of nitrogens with one attached hydrogen (secondary N) is 1. The number of hydrogen-bond donors (Lipinski definition) is 1. The van der Waals surface area contributed by atoms with Gasteiger partial charge in [-0.25, -0.2) is 0 Å². The number of benzene rings is 1. The molecule has 1 unspecified atom stereocenters. The zero-order chi connectivity index (χ0) is 15.4. The van der Waals surface area contributed by atoms with Crippen molar-refractivity contribution in [3.05, 3.63) is 35.4 Å². The Morgan fingerprint density at radius 2 is 1.60 bits per heavy atom. The van der Waals surface area contributed by atoms with Gasteiger partial charge >= 0.3 is 6.18 Å². The first kappa shape index (κ1) is 17.0. The molecular weight excluding hydrogens is 263 g/mol. The van der Waals surface area contributed by atoms with Crippen molar-refractivity contribution >= 4 is 0 Å². The van der Waals surface area contributed by atoms with Gasteiger partial charge in [0.05, 0.1) is 0 Å². The van der Waals surface area contributed by atoms with Gasteiger partial charge in [0, 0.05) is 12.5 Å². The third-order valence-electron chi connectivity index (χ3n) is 3.48. The third kappa shape index (κ3) is 5.53. The van der Waals surface area contributed by atoms with Gasteiger partial charge in [-0.2, -0.15) is 13.2 Å². The topological polar surface area (TPSA) is 12.0 Å². The molecule has 20 heavy (non-hydrogen) atoms. The maximum Gasteiger partial charge on any atom is 0.389 e. The molecular formula is C16H24F3N. The normalized spacial score (nSPS) is 14.3. The fourth-order valence-corrected chi connectivity index (χ4v) is 2.20. The molecule has 1 aromatic carbocycles. The predicted molar refractivity (Wildman–Crippen MR) is 76.8 cm³/mol. The molecule has 0 spiro atoms. The average molecular weight is 287 g/mol. The summed E-state index contributed by atoms with van der Waals surface area (Å²) in [4.78, 5) is 0. The van der Waals surface area contributed by atoms with Gasteiger partial charge in [-0.3, -0.25) is 0 Å². The second-order valence-electron chi connectivity index (χ2n) is 6.22. The molecule has 1 N–H and O–H groups in total. The van der Waals surface area contributed by atoms with E-state index in [9.17, 15) is 13.2 Å². The third-order valence-corrected chi connectivity index (χ3v) is 3.48. The van der Waals surface area contributed by atoms with Crippen molar-refractivity contribution in [3.8, 4) is 0 Å². The molecule has 0 aliphatic carbocycles. The number of rotatable bonds is 5. The van der Waals surface area contributed by atoms with Crippen molar-refractivity contribution in [1.29, 1.82) is 0 Å². The molecule has 1 aromatic rings. The summed E-state index contributed by atoms with van der Waals surface area (Å²) in [5.74, 6) is 0. The molecule has 4 heteroatoms. The molecule has 0 aromatic heterocycles. The van der Waals surface area contributed by atoms with Gasteiger partial charge < -0.3 is 5.32 Å². The first-order chi connectivity index (χ1) is 9.13. The van der Waals surface area contributed by atoms with Crippen LogP contribution in [0.1, 0.15) is 57.2 Å². The van der Waals surface area contributed by atoms with Crippen molar-refractivity contribution in [1.82, 2.24) is 5.32 Å². The van der Waals surface area contributed by atoms with Gasteiger partial charge in [0.15, 0.2) is 0 Å². The first-order valence-corrected chi connectivity index (χ1v) is 6.98. The van der Waals surface area contributed by atoms with Crippen molar-refractivity contribution in [2.45, 2.75) is 57.7 Å². The molecule has 0 saturated heterocycles. The van der Waals surface area contributed by atoms with Crippen LogP contribution in [0.3, 0.4) is 0 Å². The molecule has 0 saturated carbocycles. The monoisotopic (exact) mass is 287 g/mol. The van der Waals surface area contributed by atoms with Crippen LogP contribution >= 0.6 is 0 Å². The smallest absolute Gasteiger partial charge is 0.313 e. The molecule has 0 radical (unpaired) electrons. The summed E-state index contributed by atoms with van der Waals surface area (Å²) in [5, 5.41) is 3.10. The minimum atomic E-state index is -4.06. The lowest BCUT2D eigenvalue weighted by Crippen LogP contribution is -2.18. The van der Waals surface area contributed by atoms with Crippen LogP contribution in [-0.4, -0.2) is 13.2 Å². The molecule has 1 nitrogen and oxygen atoms in total. The van der Waals surface area contributed by atoms with Crippen LogP contribution in [0, 0.1) is 0 Å². The minimum Gasteiger partial charge on any atom is -0.313 e. The van der Waals surface area contributed by atoms with E-state index in [2.05, 4.69) is 38.2 Å². The highest BCUT2D eigenvalue weighted by Crippen LogP contribution is 2.28. The average Bonchev–Trinajstić information content (AvgIpc) is 2.32. The van der Waals surface area contributed by atoms with E-state index in [1.165, 1.54) is 5.56 Å². The highest BCUT2D eigenvalue weighted by Gasteiger charge is 2.26. The summed E-state index contributed by atoms with van der Waals surface area (Å²) in [6, 6.07) is 8.11. The number of hydrogen-bond acceptors (Lipinski definition) is 1. The van der Waals surface area contributed by atoms with E-state index in [1.807, 2.05) is 12.1 Å². The Morgan fingerprint density at radius 3 is 2.00 bits per heavy atom. The van der Waals surface area contributed by atoms with Crippen molar-refractivity contribution in [2.24, 2.45) is 0 Å². The molecule has 0 fully saturated rings. The second kappa shape index (κ2) is 6.61. The largest absolute Gasteiger partial charge is 0.389 e. The lowest BCUT2D eigenvalue weighted by Gasteiger charge is -2.21. The van der Waals surface area contributed by atoms with Crippen molar-refractivity contribution < 1.29 is 13.2 Å². The molecule has 1 atom stereocenters. The Balaban J connectivity index is 2.66. The van der Waals surface area contributed by atoms with Crippen LogP contribution in [0.25, 0.3) is 0 Å². The van der Waals surface area contributed by atoms with Gasteiger partial charge in [0.2, 0.25) is 0 Å². The van der Waals surface area contributed by atoms with E-state index in [1.54, 1.807) is 7.05 Å². The summed E-state index contributed by atoms with van der Waals surface area (Å²) in [6.07, 6.45) is -4.14. The van der Waals surface area contributed by atoms with Gasteiger partial charge in [0.25, 0.3) is 0 Å². The van der Waals surface area contributed by atoms with Crippen LogP contribution in [0.5, 0.6) is 0 Å². The molecule has 0 aliphatic rings. The molecule has 0 aliphatic heterocycles. The van der Waals surface area contributed by atoms with Crippen molar-refractivity contribution in [3.63, 3.8) is 0 Å². The van der Waals surface area contributed by atoms with Crippen molar-refractivity contribution in [2.75, 3.05) is 7.05 Å². The lowest BCUT2D eigenvalue weighted by atomic mass is 9.86. The molecule has 0 bridgehead atoms. The van der Waals surface area contributed by atoms with E-state index in [0.29, 0.717) is 6.42 Å². The van der Waals surface area contributed by atoms with Gasteiger partial charge in [0.1, 0.15) is 0 Å². The van der Waals surface area contributed by atoms with Gasteiger partial charge in [-0.15, -0.1) is 0 Å². The SMILES string of the molecule is CNC(CCCC(F)(F)F)c1ccc(C(C)(C)C)cc1. The summed E-state index contributed by atoms with van der Waals surface area (Å²) < 4.78 is 36.5. The fraction of sp³-hybridized carbons (Fsp3) is 0.625. The Morgan fingerprint density at radius 1 is 1.05 bits per heavy atom. The summed E-state index contributed by atoms with van der Waals surface area (Å²) >= 11 is 0. The molecule has 1 rings (SSSR count). The van der Waals surface area contributed by atoms with E-state index < -0.39 is 12.6 Å². The Hall–Kier alpha value is -1.03. The van der Waals surface area contributed by atoms with E-state index in [0.717, 1.165) is 5.56 Å². The number of halogens is 3. The summed E-state index contributed by atoms with van der Waals surface area (Å²) in [7, 11) is 1.79. The highest BCUT2D eigenvalue weighted by atomic mass is 19.4. The van der Waals surface area contributed by atoms with Crippen LogP contribution in [0.2, 0.25) is 0 Å². The van der Waals surface area contributed by atoms with E-state index in [4.69, 9.17) is 0 Å². The van der Waals surface area contributed by atoms with E-state index in [-0.39, 0.29) is 17.9 Å². The van der Waals surface area contributed by atoms with Crippen LogP contribution in [-0.2, 0) is 5.41 Å². The summed E-state index contributed by atoms with van der Waals surface area (Å²) in [6.45, 7) is 6.42. The quantitative estimate of drug-likeness (QED) is 0.805. The molecule has 0 heterocycles. The first-order valence-electron chi connectivity index (χ1n) is 6.98. The Labute approximate surface area is 119 Å². The van der Waals surface area contributed by atoms with E-state index >= 15 is 0 Å². The van der Waals surface area contributed by atoms with Gasteiger partial charge in [-0.1, -0.05) is 45.0 Å². The van der Waals surface area contributed by atoms with Crippen LogP contribution < -0.4 is 5.32 Å². The zero-order valence-electron chi connectivity index (χ0n) is 12.6. The number of alkyl halides is 3. The Bertz CT molecular complexity index is 401. The maximum atomic E-state index is 12.2. The minimum absolute atomic E-state index is 0.0219. The predicted octanol–water partition coefficient (Wildman–Crippen LogP) is 4.98. The fourth-order valence-electron chi connectivity index (χ4n) is 2.20. The molecule has 114 valence electrons. The molecule has 0 amide bonds. The standard InChI is InChI=1S/C16H24F3N/c1-15(2,3)13-9-7-12(8-10-13)14(20-4)6-5-11-16(17,18)19/h7-10,14,20H,5-6,11H2,1-4H3. The Kier molecular flexibility index (Phi) is 5.63. The highest BCUT2D eigenvalue weighted by molar-refractivity contribution is 5.29. The zero-order valence-corrected chi connectivity index (χ0v) is 12.6. The lowest BCUT2D eigenvalue weighted by molar-refractivity contribution is -0.135. The van der Waals surface area contributed by atoms with Crippen LogP contribution in [0.4, 0.5) is 13.2 Å². The maximum absolute atomic E-state index is 12.2. The van der Waals surface area contributed by atoms with Gasteiger partial charge in [-0.05, 0) is 36.4 Å². The van der Waals surface area contributed by atoms with Crippen LogP contribution in [0.15, 0.2) is 24.3 Å². The summed E-state index contributed by atoms with van der Waals surface area (Å²) in [5.41, 5.74) is 2.36.